The maximum atomic E-state index is 13.1. The third-order valence-electron chi connectivity index (χ3n) is 1.84. The first-order valence-electron chi connectivity index (χ1n) is 4.04. The van der Waals surface area contributed by atoms with Gasteiger partial charge in [0.15, 0.2) is 11.6 Å². The highest BCUT2D eigenvalue weighted by Crippen LogP contribution is 2.30. The molecule has 0 radical (unpaired) electrons. The lowest BCUT2D eigenvalue weighted by molar-refractivity contribution is 0.284. The van der Waals surface area contributed by atoms with Gasteiger partial charge in [0.1, 0.15) is 0 Å². The molecule has 1 saturated carbocycles. The van der Waals surface area contributed by atoms with Crippen molar-refractivity contribution in [3.05, 3.63) is 23.8 Å². The van der Waals surface area contributed by atoms with E-state index in [0.29, 0.717) is 5.75 Å². The molecule has 1 aromatic heterocycles. The second-order valence-electron chi connectivity index (χ2n) is 3.08. The highest BCUT2D eigenvalue weighted by Gasteiger charge is 2.25. The average molecular weight is 167 g/mol. The van der Waals surface area contributed by atoms with Gasteiger partial charge in [-0.25, -0.2) is 4.39 Å². The molecular weight excluding hydrogens is 157 g/mol. The van der Waals surface area contributed by atoms with Crippen LogP contribution in [0.3, 0.4) is 0 Å². The van der Waals surface area contributed by atoms with Crippen LogP contribution in [-0.4, -0.2) is 11.1 Å². The molecule has 1 aromatic rings. The maximum Gasteiger partial charge on any atom is 0.183 e. The van der Waals surface area contributed by atoms with Crippen molar-refractivity contribution in [2.45, 2.75) is 25.9 Å². The Morgan fingerprint density at radius 1 is 1.50 bits per heavy atom. The van der Waals surface area contributed by atoms with Gasteiger partial charge in [-0.3, -0.25) is 4.98 Å². The van der Waals surface area contributed by atoms with Crippen LogP contribution in [0.25, 0.3) is 0 Å². The molecule has 1 aliphatic rings. The Morgan fingerprint density at radius 2 is 2.25 bits per heavy atom. The minimum Gasteiger partial charge on any atom is -0.487 e. The van der Waals surface area contributed by atoms with Crippen LogP contribution < -0.4 is 4.74 Å². The van der Waals surface area contributed by atoms with Crippen molar-refractivity contribution in [1.82, 2.24) is 4.98 Å². The van der Waals surface area contributed by atoms with Crippen LogP contribution in [0.15, 0.2) is 12.4 Å². The van der Waals surface area contributed by atoms with Gasteiger partial charge in [0.25, 0.3) is 0 Å². The Morgan fingerprint density at radius 3 is 2.83 bits per heavy atom. The summed E-state index contributed by atoms with van der Waals surface area (Å²) in [4.78, 5) is 3.72. The van der Waals surface area contributed by atoms with Gasteiger partial charge in [0.05, 0.1) is 12.3 Å². The molecule has 1 aliphatic carbocycles. The molecule has 0 saturated heterocycles. The zero-order chi connectivity index (χ0) is 8.55. The number of rotatable bonds is 2. The molecule has 0 amide bonds. The van der Waals surface area contributed by atoms with E-state index < -0.39 is 0 Å². The SMILES string of the molecule is Cc1cncc(F)c1OC1CC1. The van der Waals surface area contributed by atoms with Crippen LogP contribution in [0.1, 0.15) is 18.4 Å². The fraction of sp³-hybridized carbons (Fsp3) is 0.444. The van der Waals surface area contributed by atoms with Crippen molar-refractivity contribution in [2.24, 2.45) is 0 Å². The Bertz CT molecular complexity index is 276. The quantitative estimate of drug-likeness (QED) is 0.672. The normalized spacial score (nSPS) is 16.2. The first kappa shape index (κ1) is 7.53. The summed E-state index contributed by atoms with van der Waals surface area (Å²) in [5.74, 6) is 0.00870. The molecule has 64 valence electrons. The second-order valence-corrected chi connectivity index (χ2v) is 3.08. The number of halogens is 1. The molecule has 0 bridgehead atoms. The topological polar surface area (TPSA) is 22.1 Å². The lowest BCUT2D eigenvalue weighted by atomic mass is 10.3. The van der Waals surface area contributed by atoms with Crippen LogP contribution in [0.2, 0.25) is 0 Å². The zero-order valence-corrected chi connectivity index (χ0v) is 6.88. The lowest BCUT2D eigenvalue weighted by Gasteiger charge is -2.07. The van der Waals surface area contributed by atoms with Crippen LogP contribution in [-0.2, 0) is 0 Å². The van der Waals surface area contributed by atoms with Gasteiger partial charge in [-0.2, -0.15) is 0 Å². The van der Waals surface area contributed by atoms with Crippen molar-refractivity contribution >= 4 is 0 Å². The number of ether oxygens (including phenoxy) is 1. The molecule has 2 rings (SSSR count). The first-order chi connectivity index (χ1) is 5.77. The van der Waals surface area contributed by atoms with E-state index in [-0.39, 0.29) is 11.9 Å². The maximum absolute atomic E-state index is 13.1. The van der Waals surface area contributed by atoms with Gasteiger partial charge < -0.3 is 4.74 Å². The Hall–Kier alpha value is -1.12. The van der Waals surface area contributed by atoms with Crippen molar-refractivity contribution in [1.29, 1.82) is 0 Å². The minimum atomic E-state index is -0.359. The van der Waals surface area contributed by atoms with E-state index in [1.807, 2.05) is 0 Å². The molecule has 0 aromatic carbocycles. The molecule has 1 heterocycles. The number of aryl methyl sites for hydroxylation is 1. The predicted molar refractivity (Wildman–Crippen MR) is 42.6 cm³/mol. The van der Waals surface area contributed by atoms with Gasteiger partial charge >= 0.3 is 0 Å². The third kappa shape index (κ3) is 1.40. The smallest absolute Gasteiger partial charge is 0.183 e. The minimum absolute atomic E-state index is 0.237. The van der Waals surface area contributed by atoms with E-state index in [1.54, 1.807) is 13.1 Å². The highest BCUT2D eigenvalue weighted by atomic mass is 19.1. The molecule has 1 fully saturated rings. The summed E-state index contributed by atoms with van der Waals surface area (Å²) in [7, 11) is 0. The summed E-state index contributed by atoms with van der Waals surface area (Å²) in [5, 5.41) is 0. The number of pyridine rings is 1. The fourth-order valence-electron chi connectivity index (χ4n) is 1.02. The molecule has 0 unspecified atom stereocenters. The molecule has 0 atom stereocenters. The molecule has 2 nitrogen and oxygen atoms in total. The van der Waals surface area contributed by atoms with Gasteiger partial charge in [0, 0.05) is 11.8 Å². The van der Waals surface area contributed by atoms with E-state index >= 15 is 0 Å². The van der Waals surface area contributed by atoms with Gasteiger partial charge in [0.2, 0.25) is 0 Å². The number of nitrogens with zero attached hydrogens (tertiary/aromatic N) is 1. The number of hydrogen-bond acceptors (Lipinski definition) is 2. The summed E-state index contributed by atoms with van der Waals surface area (Å²) in [6.07, 6.45) is 5.12. The van der Waals surface area contributed by atoms with Crippen molar-refractivity contribution in [3.63, 3.8) is 0 Å². The summed E-state index contributed by atoms with van der Waals surface area (Å²) in [5.41, 5.74) is 0.766. The van der Waals surface area contributed by atoms with Gasteiger partial charge in [-0.15, -0.1) is 0 Å². The van der Waals surface area contributed by atoms with E-state index in [2.05, 4.69) is 4.98 Å². The molecule has 0 aliphatic heterocycles. The van der Waals surface area contributed by atoms with E-state index in [1.165, 1.54) is 6.20 Å². The Balaban J connectivity index is 2.26. The van der Waals surface area contributed by atoms with E-state index in [9.17, 15) is 4.39 Å². The van der Waals surface area contributed by atoms with Crippen LogP contribution >= 0.6 is 0 Å². The molecular formula is C9H10FNO. The van der Waals surface area contributed by atoms with E-state index in [0.717, 1.165) is 18.4 Å². The largest absolute Gasteiger partial charge is 0.487 e. The monoisotopic (exact) mass is 167 g/mol. The molecule has 12 heavy (non-hydrogen) atoms. The molecule has 3 heteroatoms. The summed E-state index contributed by atoms with van der Waals surface area (Å²) >= 11 is 0. The summed E-state index contributed by atoms with van der Waals surface area (Å²) in [6, 6.07) is 0. The van der Waals surface area contributed by atoms with Crippen LogP contribution in [0.4, 0.5) is 4.39 Å². The predicted octanol–water partition coefficient (Wildman–Crippen LogP) is 2.07. The van der Waals surface area contributed by atoms with Crippen molar-refractivity contribution in [2.75, 3.05) is 0 Å². The van der Waals surface area contributed by atoms with Crippen molar-refractivity contribution in [3.8, 4) is 5.75 Å². The average Bonchev–Trinajstić information content (AvgIpc) is 2.80. The second kappa shape index (κ2) is 2.73. The molecule has 0 spiro atoms. The fourth-order valence-corrected chi connectivity index (χ4v) is 1.02. The Kier molecular flexibility index (Phi) is 1.71. The summed E-state index contributed by atoms with van der Waals surface area (Å²) < 4.78 is 18.4. The number of aromatic nitrogens is 1. The zero-order valence-electron chi connectivity index (χ0n) is 6.88. The Labute approximate surface area is 70.4 Å². The first-order valence-corrected chi connectivity index (χ1v) is 4.04. The van der Waals surface area contributed by atoms with Crippen LogP contribution in [0, 0.1) is 12.7 Å². The van der Waals surface area contributed by atoms with E-state index in [4.69, 9.17) is 4.74 Å². The number of hydrogen-bond donors (Lipinski definition) is 0. The molecule has 0 N–H and O–H groups in total. The van der Waals surface area contributed by atoms with Gasteiger partial charge in [-0.05, 0) is 19.8 Å². The van der Waals surface area contributed by atoms with Crippen molar-refractivity contribution < 1.29 is 9.13 Å². The van der Waals surface area contributed by atoms with Gasteiger partial charge in [-0.1, -0.05) is 0 Å². The summed E-state index contributed by atoms with van der Waals surface area (Å²) in [6.45, 7) is 1.80. The lowest BCUT2D eigenvalue weighted by Crippen LogP contribution is -2.00. The van der Waals surface area contributed by atoms with Crippen LogP contribution in [0.5, 0.6) is 5.75 Å². The standard InChI is InChI=1S/C9H10FNO/c1-6-4-11-5-8(10)9(6)12-7-2-3-7/h4-5,7H,2-3H2,1H3. The third-order valence-corrected chi connectivity index (χ3v) is 1.84. The highest BCUT2D eigenvalue weighted by molar-refractivity contribution is 5.30.